The lowest BCUT2D eigenvalue weighted by Crippen LogP contribution is -2.42. The molecule has 2 aliphatic rings. The minimum atomic E-state index is -0.242. The van der Waals surface area contributed by atoms with Gasteiger partial charge in [0.25, 0.3) is 5.91 Å². The minimum Gasteiger partial charge on any atom is -0.366 e. The number of thiophene rings is 1. The average molecular weight is 332 g/mol. The molecule has 0 aromatic carbocycles. The van der Waals surface area contributed by atoms with Crippen molar-refractivity contribution in [3.63, 3.8) is 0 Å². The van der Waals surface area contributed by atoms with Gasteiger partial charge in [0, 0.05) is 13.0 Å². The van der Waals surface area contributed by atoms with Crippen LogP contribution >= 0.6 is 11.3 Å². The van der Waals surface area contributed by atoms with E-state index in [-0.39, 0.29) is 12.0 Å². The van der Waals surface area contributed by atoms with Gasteiger partial charge in [0.15, 0.2) is 5.82 Å². The molecule has 0 spiro atoms. The first-order valence-corrected chi connectivity index (χ1v) is 9.03. The van der Waals surface area contributed by atoms with E-state index in [0.29, 0.717) is 31.4 Å². The Morgan fingerprint density at radius 2 is 2.39 bits per heavy atom. The maximum absolute atomic E-state index is 12.9. The summed E-state index contributed by atoms with van der Waals surface area (Å²) in [5, 5.41) is 9.17. The quantitative estimate of drug-likeness (QED) is 0.934. The summed E-state index contributed by atoms with van der Waals surface area (Å²) in [7, 11) is 0. The Kier molecular flexibility index (Phi) is 3.90. The van der Waals surface area contributed by atoms with Gasteiger partial charge in [0.2, 0.25) is 0 Å². The molecule has 1 aliphatic heterocycles. The van der Waals surface area contributed by atoms with Crippen molar-refractivity contribution >= 4 is 17.2 Å². The molecule has 1 atom stereocenters. The van der Waals surface area contributed by atoms with E-state index in [9.17, 15) is 4.79 Å². The van der Waals surface area contributed by atoms with Crippen LogP contribution in [0.1, 0.15) is 58.7 Å². The lowest BCUT2D eigenvalue weighted by molar-refractivity contribution is -0.0265. The number of hydrogen-bond acceptors (Lipinski definition) is 5. The molecule has 122 valence electrons. The first-order valence-electron chi connectivity index (χ1n) is 8.15. The predicted molar refractivity (Wildman–Crippen MR) is 86.7 cm³/mol. The zero-order valence-electron chi connectivity index (χ0n) is 13.1. The van der Waals surface area contributed by atoms with Crippen LogP contribution in [0.4, 0.5) is 0 Å². The van der Waals surface area contributed by atoms with Crippen molar-refractivity contribution in [3.05, 3.63) is 33.5 Å². The maximum atomic E-state index is 12.9. The third-order valence-electron chi connectivity index (χ3n) is 4.43. The van der Waals surface area contributed by atoms with Crippen molar-refractivity contribution in [3.8, 4) is 0 Å². The fourth-order valence-electron chi connectivity index (χ4n) is 2.95. The maximum Gasteiger partial charge on any atom is 0.264 e. The van der Waals surface area contributed by atoms with Gasteiger partial charge in [0.05, 0.1) is 18.0 Å². The predicted octanol–water partition coefficient (Wildman–Crippen LogP) is 2.52. The van der Waals surface area contributed by atoms with Gasteiger partial charge in [0.1, 0.15) is 11.9 Å². The number of ether oxygens (including phenoxy) is 1. The standard InChI is InChI=1S/C16H20N4O2S/c1-2-13-17-15(19-18-13)12-9-20(6-7-22-12)16(21)14-11(5-8-23-14)10-3-4-10/h5,8,10,12H,2-4,6-7,9H2,1H3,(H,17,18,19). The molecule has 2 aromatic heterocycles. The summed E-state index contributed by atoms with van der Waals surface area (Å²) >= 11 is 1.55. The summed E-state index contributed by atoms with van der Waals surface area (Å²) in [4.78, 5) is 20.1. The molecule has 3 heterocycles. The summed E-state index contributed by atoms with van der Waals surface area (Å²) in [6.07, 6.45) is 2.98. The molecule has 0 bridgehead atoms. The van der Waals surface area contributed by atoms with E-state index < -0.39 is 0 Å². The van der Waals surface area contributed by atoms with Gasteiger partial charge in [-0.25, -0.2) is 4.98 Å². The van der Waals surface area contributed by atoms with Crippen molar-refractivity contribution < 1.29 is 9.53 Å². The zero-order valence-corrected chi connectivity index (χ0v) is 13.9. The lowest BCUT2D eigenvalue weighted by atomic mass is 10.1. The highest BCUT2D eigenvalue weighted by atomic mass is 32.1. The fourth-order valence-corrected chi connectivity index (χ4v) is 3.91. The van der Waals surface area contributed by atoms with Gasteiger partial charge >= 0.3 is 0 Å². The second-order valence-corrected chi connectivity index (χ2v) is 7.00. The molecule has 23 heavy (non-hydrogen) atoms. The van der Waals surface area contributed by atoms with Gasteiger partial charge in [-0.2, -0.15) is 5.10 Å². The molecule has 6 nitrogen and oxygen atoms in total. The number of morpholine rings is 1. The van der Waals surface area contributed by atoms with Crippen molar-refractivity contribution in [2.75, 3.05) is 19.7 Å². The Hall–Kier alpha value is -1.73. The molecule has 2 aromatic rings. The minimum absolute atomic E-state index is 0.126. The van der Waals surface area contributed by atoms with E-state index in [1.807, 2.05) is 17.2 Å². The monoisotopic (exact) mass is 332 g/mol. The summed E-state index contributed by atoms with van der Waals surface area (Å²) in [5.41, 5.74) is 1.23. The number of hydrogen-bond donors (Lipinski definition) is 1. The smallest absolute Gasteiger partial charge is 0.264 e. The highest BCUT2D eigenvalue weighted by molar-refractivity contribution is 7.12. The van der Waals surface area contributed by atoms with Gasteiger partial charge in [-0.15, -0.1) is 11.3 Å². The van der Waals surface area contributed by atoms with Crippen LogP contribution in [0.25, 0.3) is 0 Å². The van der Waals surface area contributed by atoms with Crippen molar-refractivity contribution in [1.82, 2.24) is 20.1 Å². The topological polar surface area (TPSA) is 71.1 Å². The lowest BCUT2D eigenvalue weighted by Gasteiger charge is -2.31. The summed E-state index contributed by atoms with van der Waals surface area (Å²) in [6, 6.07) is 2.11. The number of aromatic amines is 1. The second-order valence-electron chi connectivity index (χ2n) is 6.08. The molecule has 1 aliphatic carbocycles. The molecule has 4 rings (SSSR count). The van der Waals surface area contributed by atoms with Gasteiger partial charge in [-0.05, 0) is 35.8 Å². The van der Waals surface area contributed by atoms with E-state index >= 15 is 0 Å². The molecule has 1 saturated heterocycles. The average Bonchev–Trinajstić information content (AvgIpc) is 3.14. The molecule has 7 heteroatoms. The number of H-pyrrole nitrogens is 1. The highest BCUT2D eigenvalue weighted by Crippen LogP contribution is 2.43. The molecular weight excluding hydrogens is 312 g/mol. The largest absolute Gasteiger partial charge is 0.366 e. The first-order chi connectivity index (χ1) is 11.3. The molecule has 1 saturated carbocycles. The summed E-state index contributed by atoms with van der Waals surface area (Å²) in [5.74, 6) is 2.22. The highest BCUT2D eigenvalue weighted by Gasteiger charge is 2.33. The number of amides is 1. The normalized spacial score (nSPS) is 21.6. The number of carbonyl (C=O) groups excluding carboxylic acids is 1. The number of nitrogens with one attached hydrogen (secondary N) is 1. The van der Waals surface area contributed by atoms with E-state index in [1.54, 1.807) is 11.3 Å². The molecule has 0 radical (unpaired) electrons. The molecule has 1 unspecified atom stereocenters. The Labute approximate surface area is 138 Å². The van der Waals surface area contributed by atoms with Gasteiger partial charge < -0.3 is 9.64 Å². The zero-order chi connectivity index (χ0) is 15.8. The molecule has 1 N–H and O–H groups in total. The third-order valence-corrected chi connectivity index (χ3v) is 5.35. The van der Waals surface area contributed by atoms with Gasteiger partial charge in [-0.1, -0.05) is 6.92 Å². The van der Waals surface area contributed by atoms with Crippen molar-refractivity contribution in [2.24, 2.45) is 0 Å². The third kappa shape index (κ3) is 2.90. The van der Waals surface area contributed by atoms with E-state index in [1.165, 1.54) is 18.4 Å². The van der Waals surface area contributed by atoms with E-state index in [2.05, 4.69) is 21.2 Å². The number of carbonyl (C=O) groups is 1. The summed E-state index contributed by atoms with van der Waals surface area (Å²) in [6.45, 7) is 3.69. The number of nitrogens with zero attached hydrogens (tertiary/aromatic N) is 3. The Bertz CT molecular complexity index is 707. The van der Waals surface area contributed by atoms with Gasteiger partial charge in [-0.3, -0.25) is 9.89 Å². The van der Waals surface area contributed by atoms with E-state index in [4.69, 9.17) is 4.74 Å². The Balaban J connectivity index is 1.50. The van der Waals surface area contributed by atoms with E-state index in [0.717, 1.165) is 17.1 Å². The molecule has 1 amide bonds. The second kappa shape index (κ2) is 6.05. The van der Waals surface area contributed by atoms with Crippen LogP contribution < -0.4 is 0 Å². The van der Waals surface area contributed by atoms with Crippen LogP contribution in [-0.2, 0) is 11.2 Å². The van der Waals surface area contributed by atoms with Crippen LogP contribution in [0.5, 0.6) is 0 Å². The number of rotatable bonds is 4. The number of aryl methyl sites for hydroxylation is 1. The first kappa shape index (κ1) is 14.8. The van der Waals surface area contributed by atoms with Crippen molar-refractivity contribution in [2.45, 2.75) is 38.2 Å². The Morgan fingerprint density at radius 1 is 1.52 bits per heavy atom. The van der Waals surface area contributed by atoms with Crippen LogP contribution in [0.15, 0.2) is 11.4 Å². The van der Waals surface area contributed by atoms with Crippen LogP contribution in [0.2, 0.25) is 0 Å². The van der Waals surface area contributed by atoms with Crippen LogP contribution in [0, 0.1) is 0 Å². The van der Waals surface area contributed by atoms with Crippen LogP contribution in [0.3, 0.4) is 0 Å². The molecule has 2 fully saturated rings. The summed E-state index contributed by atoms with van der Waals surface area (Å²) < 4.78 is 5.77. The SMILES string of the molecule is CCc1nc(C2CN(C(=O)c3sccc3C3CC3)CCO2)n[nH]1. The fraction of sp³-hybridized carbons (Fsp3) is 0.562. The van der Waals surface area contributed by atoms with Crippen LogP contribution in [-0.4, -0.2) is 45.7 Å². The number of aromatic nitrogens is 3. The Morgan fingerprint density at radius 3 is 3.13 bits per heavy atom. The molecular formula is C16H20N4O2S. The van der Waals surface area contributed by atoms with Crippen molar-refractivity contribution in [1.29, 1.82) is 0 Å².